The van der Waals surface area contributed by atoms with Crippen LogP contribution < -0.4 is 10.1 Å². The molecule has 1 unspecified atom stereocenters. The van der Waals surface area contributed by atoms with Crippen LogP contribution in [0.3, 0.4) is 0 Å². The average molecular weight is 269 g/mol. The maximum absolute atomic E-state index is 13.6. The number of carboxylic acids is 1. The molecule has 0 saturated carbocycles. The third kappa shape index (κ3) is 4.24. The molecule has 0 aliphatic carbocycles. The number of nitrogens with one attached hydrogen (secondary N) is 1. The summed E-state index contributed by atoms with van der Waals surface area (Å²) >= 11 is 0. The number of aliphatic carboxylic acids is 1. The molecule has 6 heteroatoms. The fourth-order valence-electron chi connectivity index (χ4n) is 1.62. The molecule has 0 aromatic heterocycles. The van der Waals surface area contributed by atoms with Gasteiger partial charge in [0.1, 0.15) is 17.1 Å². The molecule has 0 radical (unpaired) electrons. The van der Waals surface area contributed by atoms with Gasteiger partial charge in [-0.15, -0.1) is 0 Å². The van der Waals surface area contributed by atoms with Crippen molar-refractivity contribution in [1.82, 2.24) is 5.32 Å². The van der Waals surface area contributed by atoms with E-state index in [9.17, 15) is 14.0 Å². The van der Waals surface area contributed by atoms with E-state index in [4.69, 9.17) is 9.84 Å². The lowest BCUT2D eigenvalue weighted by Gasteiger charge is -2.12. The standard InChI is InChI=1S/C13H16FNO4/c1-8(6-11(16)17)7-15-13(18)12-9(14)4-3-5-10(12)19-2/h3-5,8H,6-7H2,1-2H3,(H,15,18)(H,16,17). The third-order valence-electron chi connectivity index (χ3n) is 2.56. The van der Waals surface area contributed by atoms with Crippen LogP contribution in [-0.2, 0) is 4.79 Å². The van der Waals surface area contributed by atoms with E-state index in [1.807, 2.05) is 0 Å². The van der Waals surface area contributed by atoms with Gasteiger partial charge in [-0.2, -0.15) is 0 Å². The van der Waals surface area contributed by atoms with Crippen molar-refractivity contribution in [2.75, 3.05) is 13.7 Å². The van der Waals surface area contributed by atoms with E-state index < -0.39 is 17.7 Å². The summed E-state index contributed by atoms with van der Waals surface area (Å²) in [5.74, 6) is -2.33. The normalized spacial score (nSPS) is 11.7. The second kappa shape index (κ2) is 6.72. The number of carboxylic acid groups (broad SMARTS) is 1. The molecule has 104 valence electrons. The zero-order chi connectivity index (χ0) is 14.4. The minimum Gasteiger partial charge on any atom is -0.496 e. The summed E-state index contributed by atoms with van der Waals surface area (Å²) in [7, 11) is 1.35. The van der Waals surface area contributed by atoms with Gasteiger partial charge in [0.05, 0.1) is 7.11 Å². The Morgan fingerprint density at radius 1 is 1.47 bits per heavy atom. The zero-order valence-corrected chi connectivity index (χ0v) is 10.8. The van der Waals surface area contributed by atoms with E-state index in [1.54, 1.807) is 6.92 Å². The van der Waals surface area contributed by atoms with Crippen molar-refractivity contribution in [2.45, 2.75) is 13.3 Å². The highest BCUT2D eigenvalue weighted by molar-refractivity contribution is 5.97. The van der Waals surface area contributed by atoms with Crippen LogP contribution in [0.2, 0.25) is 0 Å². The van der Waals surface area contributed by atoms with Gasteiger partial charge in [-0.1, -0.05) is 13.0 Å². The molecule has 0 heterocycles. The van der Waals surface area contributed by atoms with Gasteiger partial charge >= 0.3 is 5.97 Å². The Bertz CT molecular complexity index is 476. The number of hydrogen-bond acceptors (Lipinski definition) is 3. The predicted molar refractivity (Wildman–Crippen MR) is 66.7 cm³/mol. The summed E-state index contributed by atoms with van der Waals surface area (Å²) in [6.07, 6.45) is -0.0608. The second-order valence-corrected chi connectivity index (χ2v) is 4.23. The zero-order valence-electron chi connectivity index (χ0n) is 10.8. The Labute approximate surface area is 110 Å². The van der Waals surface area contributed by atoms with Gasteiger partial charge < -0.3 is 15.2 Å². The summed E-state index contributed by atoms with van der Waals surface area (Å²) in [5.41, 5.74) is -0.174. The number of halogens is 1. The van der Waals surface area contributed by atoms with Gasteiger partial charge in [0, 0.05) is 13.0 Å². The Kier molecular flexibility index (Phi) is 5.29. The molecular weight excluding hydrogens is 253 g/mol. The van der Waals surface area contributed by atoms with Crippen molar-refractivity contribution in [3.05, 3.63) is 29.6 Å². The largest absolute Gasteiger partial charge is 0.496 e. The molecule has 0 bridgehead atoms. The molecule has 1 atom stereocenters. The minimum absolute atomic E-state index is 0.0608. The number of hydrogen-bond donors (Lipinski definition) is 2. The number of benzene rings is 1. The highest BCUT2D eigenvalue weighted by Gasteiger charge is 2.18. The van der Waals surface area contributed by atoms with Crippen LogP contribution in [-0.4, -0.2) is 30.6 Å². The Hall–Kier alpha value is -2.11. The first kappa shape index (κ1) is 14.9. The molecule has 1 rings (SSSR count). The number of rotatable bonds is 6. The van der Waals surface area contributed by atoms with Crippen LogP contribution in [0.4, 0.5) is 4.39 Å². The lowest BCUT2D eigenvalue weighted by atomic mass is 10.1. The van der Waals surface area contributed by atoms with Gasteiger partial charge in [-0.05, 0) is 18.1 Å². The van der Waals surface area contributed by atoms with Gasteiger partial charge in [-0.25, -0.2) is 4.39 Å². The fourth-order valence-corrected chi connectivity index (χ4v) is 1.62. The van der Waals surface area contributed by atoms with Crippen molar-refractivity contribution in [1.29, 1.82) is 0 Å². The first-order chi connectivity index (χ1) is 8.95. The molecular formula is C13H16FNO4. The average Bonchev–Trinajstić information content (AvgIpc) is 2.34. The molecule has 1 amide bonds. The molecule has 2 N–H and O–H groups in total. The summed E-state index contributed by atoms with van der Waals surface area (Å²) in [6.45, 7) is 1.84. The molecule has 5 nitrogen and oxygen atoms in total. The van der Waals surface area contributed by atoms with Crippen molar-refractivity contribution < 1.29 is 23.8 Å². The molecule has 0 spiro atoms. The Morgan fingerprint density at radius 2 is 2.16 bits per heavy atom. The van der Waals surface area contributed by atoms with Crippen molar-refractivity contribution in [2.24, 2.45) is 5.92 Å². The molecule has 0 fully saturated rings. The molecule has 19 heavy (non-hydrogen) atoms. The summed E-state index contributed by atoms with van der Waals surface area (Å²) in [4.78, 5) is 22.3. The molecule has 1 aromatic rings. The maximum atomic E-state index is 13.6. The van der Waals surface area contributed by atoms with Crippen LogP contribution >= 0.6 is 0 Å². The maximum Gasteiger partial charge on any atom is 0.303 e. The smallest absolute Gasteiger partial charge is 0.303 e. The molecule has 0 aliphatic heterocycles. The van der Waals surface area contributed by atoms with E-state index >= 15 is 0 Å². The number of carbonyl (C=O) groups excluding carboxylic acids is 1. The van der Waals surface area contributed by atoms with E-state index in [1.165, 1.54) is 19.2 Å². The lowest BCUT2D eigenvalue weighted by molar-refractivity contribution is -0.137. The van der Waals surface area contributed by atoms with Crippen LogP contribution in [0.15, 0.2) is 18.2 Å². The number of ether oxygens (including phenoxy) is 1. The topological polar surface area (TPSA) is 75.6 Å². The quantitative estimate of drug-likeness (QED) is 0.823. The van der Waals surface area contributed by atoms with E-state index in [0.29, 0.717) is 0 Å². The Morgan fingerprint density at radius 3 is 2.74 bits per heavy atom. The Balaban J connectivity index is 2.71. The van der Waals surface area contributed by atoms with Gasteiger partial charge in [0.25, 0.3) is 5.91 Å². The first-order valence-electron chi connectivity index (χ1n) is 5.78. The highest BCUT2D eigenvalue weighted by atomic mass is 19.1. The predicted octanol–water partition coefficient (Wildman–Crippen LogP) is 1.67. The monoisotopic (exact) mass is 269 g/mol. The van der Waals surface area contributed by atoms with Crippen LogP contribution in [0.5, 0.6) is 5.75 Å². The van der Waals surface area contributed by atoms with Crippen molar-refractivity contribution >= 4 is 11.9 Å². The van der Waals surface area contributed by atoms with Crippen LogP contribution in [0.1, 0.15) is 23.7 Å². The van der Waals surface area contributed by atoms with Crippen molar-refractivity contribution in [3.63, 3.8) is 0 Å². The van der Waals surface area contributed by atoms with Gasteiger partial charge in [0.2, 0.25) is 0 Å². The lowest BCUT2D eigenvalue weighted by Crippen LogP contribution is -2.30. The minimum atomic E-state index is -0.940. The van der Waals surface area contributed by atoms with E-state index in [2.05, 4.69) is 5.32 Å². The van der Waals surface area contributed by atoms with Crippen molar-refractivity contribution in [3.8, 4) is 5.75 Å². The number of amides is 1. The summed E-state index contributed by atoms with van der Waals surface area (Å²) in [5, 5.41) is 11.1. The highest BCUT2D eigenvalue weighted by Crippen LogP contribution is 2.20. The van der Waals surface area contributed by atoms with Gasteiger partial charge in [0.15, 0.2) is 0 Å². The SMILES string of the molecule is COc1cccc(F)c1C(=O)NCC(C)CC(=O)O. The fraction of sp³-hybridized carbons (Fsp3) is 0.385. The third-order valence-corrected chi connectivity index (χ3v) is 2.56. The van der Waals surface area contributed by atoms with E-state index in [-0.39, 0.29) is 30.2 Å². The van der Waals surface area contributed by atoms with Crippen LogP contribution in [0, 0.1) is 11.7 Å². The van der Waals surface area contributed by atoms with E-state index in [0.717, 1.165) is 6.07 Å². The number of carbonyl (C=O) groups is 2. The first-order valence-corrected chi connectivity index (χ1v) is 5.78. The van der Waals surface area contributed by atoms with Gasteiger partial charge in [-0.3, -0.25) is 9.59 Å². The summed E-state index contributed by atoms with van der Waals surface area (Å²) in [6, 6.07) is 4.09. The molecule has 0 saturated heterocycles. The summed E-state index contributed by atoms with van der Waals surface area (Å²) < 4.78 is 18.5. The molecule has 0 aliphatic rings. The molecule has 1 aromatic carbocycles. The second-order valence-electron chi connectivity index (χ2n) is 4.23. The van der Waals surface area contributed by atoms with Crippen LogP contribution in [0.25, 0.3) is 0 Å². The number of methoxy groups -OCH3 is 1.